The molecule has 0 aliphatic heterocycles. The molecule has 1 saturated carbocycles. The topological polar surface area (TPSA) is 0 Å². The Morgan fingerprint density at radius 1 is 0.486 bits per heavy atom. The standard InChI is InChI=1S/C31H38.3C2H6/c1-25-24-29(19-11-18-26-12-5-2-6-13-26)31(23-21-28-16-9-4-10-17-28)30(25)22-20-27-14-7-3-8-15-27;3*1-2/h2-10,12-17,25,29-31H,11,18-24H2,1H3;3*1-2H3. The Hall–Kier alpha value is -2.34. The fourth-order valence-electron chi connectivity index (χ4n) is 6.05. The van der Waals surface area contributed by atoms with Crippen molar-refractivity contribution in [3.05, 3.63) is 108 Å². The Kier molecular flexibility index (Phi) is 18.3. The van der Waals surface area contributed by atoms with Crippen LogP contribution in [0.1, 0.15) is 97.3 Å². The van der Waals surface area contributed by atoms with Gasteiger partial charge in [0.05, 0.1) is 0 Å². The molecule has 4 unspecified atom stereocenters. The molecule has 4 atom stereocenters. The van der Waals surface area contributed by atoms with Crippen molar-refractivity contribution >= 4 is 0 Å². The van der Waals surface area contributed by atoms with Gasteiger partial charge in [-0.1, -0.05) is 139 Å². The molecule has 0 radical (unpaired) electrons. The summed E-state index contributed by atoms with van der Waals surface area (Å²) in [5.74, 6) is 3.48. The van der Waals surface area contributed by atoms with Crippen molar-refractivity contribution in [2.24, 2.45) is 23.7 Å². The monoisotopic (exact) mass is 500 g/mol. The minimum absolute atomic E-state index is 0.853. The number of rotatable bonds is 10. The van der Waals surface area contributed by atoms with Gasteiger partial charge in [-0.25, -0.2) is 0 Å². The van der Waals surface area contributed by atoms with Gasteiger partial charge in [-0.2, -0.15) is 0 Å². The van der Waals surface area contributed by atoms with Crippen molar-refractivity contribution in [1.29, 1.82) is 0 Å². The molecular formula is C37H56. The van der Waals surface area contributed by atoms with E-state index in [0.29, 0.717) is 0 Å². The number of aryl methyl sites for hydroxylation is 3. The smallest absolute Gasteiger partial charge is 0.0276 e. The highest BCUT2D eigenvalue weighted by molar-refractivity contribution is 5.17. The van der Waals surface area contributed by atoms with Crippen molar-refractivity contribution in [2.45, 2.75) is 99.8 Å². The van der Waals surface area contributed by atoms with E-state index in [1.54, 1.807) is 0 Å². The van der Waals surface area contributed by atoms with E-state index in [9.17, 15) is 0 Å². The molecule has 0 heterocycles. The fourth-order valence-corrected chi connectivity index (χ4v) is 6.05. The molecule has 0 N–H and O–H groups in total. The molecule has 4 rings (SSSR count). The van der Waals surface area contributed by atoms with E-state index < -0.39 is 0 Å². The zero-order valence-corrected chi connectivity index (χ0v) is 25.1. The van der Waals surface area contributed by atoms with Gasteiger partial charge >= 0.3 is 0 Å². The Morgan fingerprint density at radius 2 is 0.865 bits per heavy atom. The molecule has 3 aromatic rings. The molecule has 0 bridgehead atoms. The SMILES string of the molecule is CC.CC.CC.CC1CC(CCCc2ccccc2)C(CCc2ccccc2)C1CCc1ccccc1. The Labute approximate surface area is 230 Å². The summed E-state index contributed by atoms with van der Waals surface area (Å²) in [6.45, 7) is 14.5. The third-order valence-corrected chi connectivity index (χ3v) is 7.66. The maximum atomic E-state index is 2.53. The number of hydrogen-bond donors (Lipinski definition) is 0. The highest BCUT2D eigenvalue weighted by Crippen LogP contribution is 2.48. The predicted octanol–water partition coefficient (Wildman–Crippen LogP) is 11.2. The van der Waals surface area contributed by atoms with Crippen LogP contribution in [0.25, 0.3) is 0 Å². The minimum atomic E-state index is 0.853. The van der Waals surface area contributed by atoms with Gasteiger partial charge < -0.3 is 0 Å². The van der Waals surface area contributed by atoms with E-state index in [4.69, 9.17) is 0 Å². The lowest BCUT2D eigenvalue weighted by Crippen LogP contribution is -2.19. The maximum Gasteiger partial charge on any atom is -0.0276 e. The largest absolute Gasteiger partial charge is 0.0683 e. The molecule has 0 heteroatoms. The van der Waals surface area contributed by atoms with Gasteiger partial charge in [0, 0.05) is 0 Å². The van der Waals surface area contributed by atoms with Crippen LogP contribution in [0.4, 0.5) is 0 Å². The summed E-state index contributed by atoms with van der Waals surface area (Å²) in [6.07, 6.45) is 10.5. The van der Waals surface area contributed by atoms with E-state index in [1.807, 2.05) is 41.5 Å². The third kappa shape index (κ3) is 11.7. The van der Waals surface area contributed by atoms with Crippen LogP contribution in [0.2, 0.25) is 0 Å². The van der Waals surface area contributed by atoms with Crippen LogP contribution in [0.3, 0.4) is 0 Å². The Balaban J connectivity index is 0.00000106. The van der Waals surface area contributed by atoms with Gasteiger partial charge in [-0.15, -0.1) is 0 Å². The van der Waals surface area contributed by atoms with E-state index in [1.165, 1.54) is 68.1 Å². The summed E-state index contributed by atoms with van der Waals surface area (Å²) in [4.78, 5) is 0. The van der Waals surface area contributed by atoms with Crippen LogP contribution in [0, 0.1) is 23.7 Å². The molecule has 0 amide bonds. The summed E-state index contributed by atoms with van der Waals surface area (Å²) in [7, 11) is 0. The molecule has 37 heavy (non-hydrogen) atoms. The first-order valence-electron chi connectivity index (χ1n) is 15.4. The predicted molar refractivity (Wildman–Crippen MR) is 167 cm³/mol. The Morgan fingerprint density at radius 3 is 1.30 bits per heavy atom. The van der Waals surface area contributed by atoms with Crippen LogP contribution < -0.4 is 0 Å². The maximum absolute atomic E-state index is 2.53. The average Bonchev–Trinajstić information content (AvgIpc) is 3.29. The van der Waals surface area contributed by atoms with Crippen molar-refractivity contribution in [3.8, 4) is 0 Å². The van der Waals surface area contributed by atoms with Gasteiger partial charge in [-0.3, -0.25) is 0 Å². The van der Waals surface area contributed by atoms with Gasteiger partial charge in [-0.05, 0) is 91.7 Å². The summed E-state index contributed by atoms with van der Waals surface area (Å²) in [5.41, 5.74) is 4.51. The highest BCUT2D eigenvalue weighted by Gasteiger charge is 2.39. The van der Waals surface area contributed by atoms with Crippen molar-refractivity contribution < 1.29 is 0 Å². The summed E-state index contributed by atoms with van der Waals surface area (Å²) >= 11 is 0. The summed E-state index contributed by atoms with van der Waals surface area (Å²) in [6, 6.07) is 33.3. The van der Waals surface area contributed by atoms with Gasteiger partial charge in [0.25, 0.3) is 0 Å². The minimum Gasteiger partial charge on any atom is -0.0683 e. The van der Waals surface area contributed by atoms with E-state index in [2.05, 4.69) is 97.9 Å². The van der Waals surface area contributed by atoms with Crippen LogP contribution >= 0.6 is 0 Å². The fraction of sp³-hybridized carbons (Fsp3) is 0.514. The van der Waals surface area contributed by atoms with E-state index >= 15 is 0 Å². The average molecular weight is 501 g/mol. The zero-order chi connectivity index (χ0) is 27.3. The van der Waals surface area contributed by atoms with Crippen LogP contribution in [0.15, 0.2) is 91.0 Å². The summed E-state index contributed by atoms with van der Waals surface area (Å²) < 4.78 is 0. The van der Waals surface area contributed by atoms with Crippen LogP contribution in [-0.4, -0.2) is 0 Å². The van der Waals surface area contributed by atoms with Gasteiger partial charge in [0.2, 0.25) is 0 Å². The Bertz CT molecular complexity index is 868. The molecule has 1 fully saturated rings. The molecule has 0 aromatic heterocycles. The lowest BCUT2D eigenvalue weighted by Gasteiger charge is -2.27. The van der Waals surface area contributed by atoms with E-state index in [-0.39, 0.29) is 0 Å². The quantitative estimate of drug-likeness (QED) is 0.259. The van der Waals surface area contributed by atoms with Crippen molar-refractivity contribution in [3.63, 3.8) is 0 Å². The van der Waals surface area contributed by atoms with Crippen LogP contribution in [0.5, 0.6) is 0 Å². The molecule has 1 aliphatic rings. The number of hydrogen-bond acceptors (Lipinski definition) is 0. The first kappa shape index (κ1) is 32.7. The molecule has 3 aromatic carbocycles. The molecule has 0 nitrogen and oxygen atoms in total. The normalized spacial score (nSPS) is 19.9. The van der Waals surface area contributed by atoms with Crippen LogP contribution in [-0.2, 0) is 19.3 Å². The second-order valence-corrected chi connectivity index (χ2v) is 9.73. The van der Waals surface area contributed by atoms with Crippen molar-refractivity contribution in [1.82, 2.24) is 0 Å². The van der Waals surface area contributed by atoms with Gasteiger partial charge in [0.1, 0.15) is 0 Å². The number of benzene rings is 3. The second kappa shape index (κ2) is 20.7. The zero-order valence-electron chi connectivity index (χ0n) is 25.1. The van der Waals surface area contributed by atoms with E-state index in [0.717, 1.165) is 23.7 Å². The highest BCUT2D eigenvalue weighted by atomic mass is 14.4. The molecule has 1 aliphatic carbocycles. The van der Waals surface area contributed by atoms with Gasteiger partial charge in [0.15, 0.2) is 0 Å². The molecule has 0 spiro atoms. The first-order chi connectivity index (χ1) is 18.3. The molecule has 204 valence electrons. The lowest BCUT2D eigenvalue weighted by atomic mass is 9.78. The van der Waals surface area contributed by atoms with Crippen molar-refractivity contribution in [2.75, 3.05) is 0 Å². The second-order valence-electron chi connectivity index (χ2n) is 9.73. The summed E-state index contributed by atoms with van der Waals surface area (Å²) in [5, 5.41) is 0. The lowest BCUT2D eigenvalue weighted by molar-refractivity contribution is 0.249. The molecule has 0 saturated heterocycles. The first-order valence-corrected chi connectivity index (χ1v) is 15.4. The molecular weight excluding hydrogens is 444 g/mol. The third-order valence-electron chi connectivity index (χ3n) is 7.66.